The van der Waals surface area contributed by atoms with Crippen LogP contribution < -0.4 is 5.32 Å². The molecule has 18 heavy (non-hydrogen) atoms. The van der Waals surface area contributed by atoms with Crippen LogP contribution in [0.15, 0.2) is 0 Å². The van der Waals surface area contributed by atoms with E-state index < -0.39 is 0 Å². The van der Waals surface area contributed by atoms with E-state index in [-0.39, 0.29) is 13.4 Å². The molecule has 0 aromatic heterocycles. The molecule has 1 aliphatic heterocycles. The fourth-order valence-electron chi connectivity index (χ4n) is 2.69. The van der Waals surface area contributed by atoms with Crippen LogP contribution in [0, 0.1) is 5.92 Å². The Morgan fingerprint density at radius 1 is 1.33 bits per heavy atom. The van der Waals surface area contributed by atoms with Crippen molar-refractivity contribution in [1.82, 2.24) is 10.2 Å². The van der Waals surface area contributed by atoms with Crippen molar-refractivity contribution < 1.29 is 6.22 Å². The van der Waals surface area contributed by atoms with E-state index >= 15 is 0 Å². The SMILES string of the molecule is CCCCCC1CCN(CC(=O)NC(C)C)CC1.[HH]. The zero-order chi connectivity index (χ0) is 13.4. The lowest BCUT2D eigenvalue weighted by Gasteiger charge is -2.31. The highest BCUT2D eigenvalue weighted by Gasteiger charge is 2.20. The van der Waals surface area contributed by atoms with Gasteiger partial charge in [0.2, 0.25) is 5.91 Å². The Morgan fingerprint density at radius 2 is 2.00 bits per heavy atom. The second-order valence-electron chi connectivity index (χ2n) is 5.94. The summed E-state index contributed by atoms with van der Waals surface area (Å²) in [5, 5.41) is 2.96. The molecule has 0 bridgehead atoms. The molecule has 1 fully saturated rings. The summed E-state index contributed by atoms with van der Waals surface area (Å²) in [4.78, 5) is 14.0. The summed E-state index contributed by atoms with van der Waals surface area (Å²) in [7, 11) is 0. The summed E-state index contributed by atoms with van der Waals surface area (Å²) in [6.45, 7) is 9.07. The molecule has 0 spiro atoms. The van der Waals surface area contributed by atoms with Gasteiger partial charge in [-0.2, -0.15) is 0 Å². The third-order valence-electron chi connectivity index (χ3n) is 3.74. The first-order valence-corrected chi connectivity index (χ1v) is 7.63. The molecule has 0 atom stereocenters. The zero-order valence-corrected chi connectivity index (χ0v) is 12.4. The maximum absolute atomic E-state index is 11.7. The van der Waals surface area contributed by atoms with Crippen molar-refractivity contribution in [3.63, 3.8) is 0 Å². The monoisotopic (exact) mass is 256 g/mol. The molecule has 0 unspecified atom stereocenters. The molecule has 1 saturated heterocycles. The van der Waals surface area contributed by atoms with Gasteiger partial charge >= 0.3 is 0 Å². The topological polar surface area (TPSA) is 32.3 Å². The van der Waals surface area contributed by atoms with Crippen LogP contribution in [0.3, 0.4) is 0 Å². The van der Waals surface area contributed by atoms with Gasteiger partial charge in [0, 0.05) is 7.47 Å². The van der Waals surface area contributed by atoms with Crippen LogP contribution in [0.1, 0.15) is 60.7 Å². The van der Waals surface area contributed by atoms with E-state index in [1.54, 1.807) is 0 Å². The van der Waals surface area contributed by atoms with Crippen molar-refractivity contribution in [2.75, 3.05) is 19.6 Å². The van der Waals surface area contributed by atoms with Crippen LogP contribution in [0.5, 0.6) is 0 Å². The predicted molar refractivity (Wildman–Crippen MR) is 78.7 cm³/mol. The van der Waals surface area contributed by atoms with Crippen molar-refractivity contribution in [3.05, 3.63) is 0 Å². The number of hydrogen-bond donors (Lipinski definition) is 1. The number of likely N-dealkylation sites (tertiary alicyclic amines) is 1. The van der Waals surface area contributed by atoms with E-state index in [1.165, 1.54) is 38.5 Å². The first kappa shape index (κ1) is 15.5. The van der Waals surface area contributed by atoms with Gasteiger partial charge in [-0.1, -0.05) is 32.6 Å². The largest absolute Gasteiger partial charge is 0.353 e. The molecular weight excluding hydrogens is 224 g/mol. The summed E-state index contributed by atoms with van der Waals surface area (Å²) < 4.78 is 0. The zero-order valence-electron chi connectivity index (χ0n) is 12.4. The Kier molecular flexibility index (Phi) is 7.33. The first-order chi connectivity index (χ1) is 8.61. The quantitative estimate of drug-likeness (QED) is 0.710. The van der Waals surface area contributed by atoms with Crippen LogP contribution in [-0.2, 0) is 4.79 Å². The minimum absolute atomic E-state index is 0. The minimum Gasteiger partial charge on any atom is -0.353 e. The summed E-state index contributed by atoms with van der Waals surface area (Å²) >= 11 is 0. The summed E-state index contributed by atoms with van der Waals surface area (Å²) in [6.07, 6.45) is 8.01. The predicted octanol–water partition coefficient (Wildman–Crippen LogP) is 3.05. The van der Waals surface area contributed by atoms with Gasteiger partial charge < -0.3 is 5.32 Å². The normalized spacial score (nSPS) is 18.2. The standard InChI is InChI=1S/C15H30N2O.H2/c1-4-5-6-7-14-8-10-17(11-9-14)12-15(18)16-13(2)3;/h13-14H,4-12H2,1-3H3,(H,16,18);1H. The van der Waals surface area contributed by atoms with Crippen molar-refractivity contribution in [2.45, 2.75) is 65.3 Å². The lowest BCUT2D eigenvalue weighted by atomic mass is 9.91. The third kappa shape index (κ3) is 6.39. The third-order valence-corrected chi connectivity index (χ3v) is 3.74. The van der Waals surface area contributed by atoms with Crippen LogP contribution >= 0.6 is 0 Å². The van der Waals surface area contributed by atoms with Crippen LogP contribution in [0.4, 0.5) is 0 Å². The number of piperidine rings is 1. The van der Waals surface area contributed by atoms with E-state index in [2.05, 4.69) is 17.1 Å². The Hall–Kier alpha value is -0.570. The average molecular weight is 256 g/mol. The number of amides is 1. The molecule has 3 nitrogen and oxygen atoms in total. The minimum atomic E-state index is 0. The highest BCUT2D eigenvalue weighted by atomic mass is 16.2. The van der Waals surface area contributed by atoms with E-state index in [9.17, 15) is 4.79 Å². The molecule has 0 aromatic carbocycles. The van der Waals surface area contributed by atoms with Crippen molar-refractivity contribution in [1.29, 1.82) is 0 Å². The number of carbonyl (C=O) groups excluding carboxylic acids is 1. The number of nitrogens with one attached hydrogen (secondary N) is 1. The molecule has 1 aliphatic rings. The molecule has 3 heteroatoms. The summed E-state index contributed by atoms with van der Waals surface area (Å²) in [6, 6.07) is 0.254. The van der Waals surface area contributed by atoms with Gasteiger partial charge in [0.1, 0.15) is 0 Å². The van der Waals surface area contributed by atoms with Gasteiger partial charge in [-0.3, -0.25) is 9.69 Å². The highest BCUT2D eigenvalue weighted by Crippen LogP contribution is 2.22. The second kappa shape index (κ2) is 8.52. The molecule has 1 N–H and O–H groups in total. The van der Waals surface area contributed by atoms with Crippen LogP contribution in [0.25, 0.3) is 0 Å². The number of nitrogens with zero attached hydrogens (tertiary/aromatic N) is 1. The van der Waals surface area contributed by atoms with Gasteiger partial charge in [-0.05, 0) is 45.7 Å². The molecule has 1 heterocycles. The lowest BCUT2D eigenvalue weighted by Crippen LogP contribution is -2.43. The fourth-order valence-corrected chi connectivity index (χ4v) is 2.69. The Morgan fingerprint density at radius 3 is 2.56 bits per heavy atom. The van der Waals surface area contributed by atoms with Crippen molar-refractivity contribution >= 4 is 5.91 Å². The molecule has 1 amide bonds. The van der Waals surface area contributed by atoms with Gasteiger partial charge in [0.15, 0.2) is 0 Å². The lowest BCUT2D eigenvalue weighted by molar-refractivity contribution is -0.123. The van der Waals surface area contributed by atoms with E-state index in [0.29, 0.717) is 6.54 Å². The average Bonchev–Trinajstić information content (AvgIpc) is 2.30. The number of rotatable bonds is 7. The molecule has 0 radical (unpaired) electrons. The number of hydrogen-bond acceptors (Lipinski definition) is 2. The molecule has 0 saturated carbocycles. The van der Waals surface area contributed by atoms with E-state index in [0.717, 1.165) is 19.0 Å². The Bertz CT molecular complexity index is 238. The Balaban J connectivity index is 0.00000324. The second-order valence-corrected chi connectivity index (χ2v) is 5.94. The smallest absolute Gasteiger partial charge is 0.234 e. The molecule has 1 rings (SSSR count). The first-order valence-electron chi connectivity index (χ1n) is 7.63. The van der Waals surface area contributed by atoms with Crippen LogP contribution in [0.2, 0.25) is 0 Å². The van der Waals surface area contributed by atoms with Gasteiger partial charge in [-0.25, -0.2) is 0 Å². The maximum Gasteiger partial charge on any atom is 0.234 e. The molecule has 108 valence electrons. The maximum atomic E-state index is 11.7. The number of unbranched alkanes of at least 4 members (excludes halogenated alkanes) is 2. The molecule has 0 aliphatic carbocycles. The Labute approximate surface area is 114 Å². The van der Waals surface area contributed by atoms with Gasteiger partial charge in [0.25, 0.3) is 0 Å². The molecular formula is C15H32N2O. The molecule has 0 aromatic rings. The van der Waals surface area contributed by atoms with Crippen molar-refractivity contribution in [3.8, 4) is 0 Å². The van der Waals surface area contributed by atoms with E-state index in [1.807, 2.05) is 13.8 Å². The van der Waals surface area contributed by atoms with Gasteiger partial charge in [-0.15, -0.1) is 0 Å². The van der Waals surface area contributed by atoms with E-state index in [4.69, 9.17) is 0 Å². The fraction of sp³-hybridized carbons (Fsp3) is 0.933. The summed E-state index contributed by atoms with van der Waals surface area (Å²) in [5.41, 5.74) is 0. The van der Waals surface area contributed by atoms with Crippen LogP contribution in [-0.4, -0.2) is 36.5 Å². The highest BCUT2D eigenvalue weighted by molar-refractivity contribution is 5.78. The summed E-state index contributed by atoms with van der Waals surface area (Å²) in [5.74, 6) is 1.08. The number of carbonyl (C=O) groups is 1. The van der Waals surface area contributed by atoms with Gasteiger partial charge in [0.05, 0.1) is 6.54 Å². The van der Waals surface area contributed by atoms with Crippen molar-refractivity contribution in [2.24, 2.45) is 5.92 Å².